The van der Waals surface area contributed by atoms with Gasteiger partial charge < -0.3 is 19.4 Å². The summed E-state index contributed by atoms with van der Waals surface area (Å²) in [6.07, 6.45) is 9.05. The van der Waals surface area contributed by atoms with E-state index >= 15 is 0 Å². The lowest BCUT2D eigenvalue weighted by molar-refractivity contribution is -0.00876. The standard InChI is InChI=1S/C29H29N9O2/c1-39-26-7-2-17(12-31-26)14-38-20-10-21(38)16-37(15-20)25-6-5-19(13-30-25)28-32-22-8-9-40-27(22)29(34-28)33-24-11-23(35-36-24)18-3-4-18/h2,5-9,11-13,18,20-21H,3-4,10,14-16H2,1H3,(H2,32,33,34,35,36). The second-order valence-corrected chi connectivity index (χ2v) is 10.9. The number of ether oxygens (including phenoxy) is 1. The first kappa shape index (κ1) is 23.4. The maximum absolute atomic E-state index is 5.69. The fourth-order valence-electron chi connectivity index (χ4n) is 5.88. The van der Waals surface area contributed by atoms with Crippen LogP contribution in [0.5, 0.6) is 5.88 Å². The molecule has 5 aromatic heterocycles. The number of aromatic nitrogens is 6. The van der Waals surface area contributed by atoms with Gasteiger partial charge in [-0.05, 0) is 37.0 Å². The van der Waals surface area contributed by atoms with E-state index in [1.54, 1.807) is 13.4 Å². The average Bonchev–Trinajstić information content (AvgIpc) is 3.55. The Hall–Kier alpha value is -4.51. The molecule has 5 aromatic rings. The highest BCUT2D eigenvalue weighted by Gasteiger charge is 2.44. The van der Waals surface area contributed by atoms with Crippen LogP contribution in [0.4, 0.5) is 17.5 Å². The minimum Gasteiger partial charge on any atom is -0.481 e. The van der Waals surface area contributed by atoms with E-state index in [9.17, 15) is 0 Å². The molecular weight excluding hydrogens is 506 g/mol. The molecule has 2 bridgehead atoms. The summed E-state index contributed by atoms with van der Waals surface area (Å²) in [7, 11) is 1.64. The van der Waals surface area contributed by atoms with Crippen molar-refractivity contribution < 1.29 is 9.15 Å². The Morgan fingerprint density at radius 1 is 1.05 bits per heavy atom. The van der Waals surface area contributed by atoms with Crippen LogP contribution in [0.3, 0.4) is 0 Å². The summed E-state index contributed by atoms with van der Waals surface area (Å²) in [6.45, 7) is 2.84. The normalized spacial score (nSPS) is 20.5. The summed E-state index contributed by atoms with van der Waals surface area (Å²) < 4.78 is 10.9. The largest absolute Gasteiger partial charge is 0.481 e. The third-order valence-corrected chi connectivity index (χ3v) is 8.21. The van der Waals surface area contributed by atoms with Crippen molar-refractivity contribution in [2.75, 3.05) is 30.4 Å². The molecule has 8 heterocycles. The van der Waals surface area contributed by atoms with Gasteiger partial charge in [0.1, 0.15) is 11.3 Å². The molecular formula is C29H29N9O2. The first-order valence-electron chi connectivity index (χ1n) is 13.7. The smallest absolute Gasteiger partial charge is 0.212 e. The number of rotatable bonds is 8. The quantitative estimate of drug-likeness (QED) is 0.294. The van der Waals surface area contributed by atoms with Crippen LogP contribution in [0.15, 0.2) is 59.5 Å². The molecule has 4 aliphatic rings. The van der Waals surface area contributed by atoms with Gasteiger partial charge in [0.15, 0.2) is 23.0 Å². The van der Waals surface area contributed by atoms with Crippen LogP contribution < -0.4 is 15.0 Å². The molecule has 3 saturated heterocycles. The minimum absolute atomic E-state index is 0.519. The Kier molecular flexibility index (Phi) is 5.44. The van der Waals surface area contributed by atoms with Crippen LogP contribution in [0.25, 0.3) is 22.5 Å². The molecule has 0 amide bonds. The Morgan fingerprint density at radius 3 is 2.70 bits per heavy atom. The van der Waals surface area contributed by atoms with Crippen molar-refractivity contribution in [2.24, 2.45) is 0 Å². The number of nitrogens with one attached hydrogen (secondary N) is 2. The Morgan fingerprint density at radius 2 is 1.95 bits per heavy atom. The molecule has 2 atom stereocenters. The van der Waals surface area contributed by atoms with Crippen molar-refractivity contribution in [2.45, 2.75) is 43.8 Å². The molecule has 2 N–H and O–H groups in total. The number of furan rings is 1. The zero-order chi connectivity index (χ0) is 26.6. The lowest BCUT2D eigenvalue weighted by Crippen LogP contribution is -2.68. The van der Waals surface area contributed by atoms with Crippen molar-refractivity contribution in [3.63, 3.8) is 0 Å². The fraction of sp³-hybridized carbons (Fsp3) is 0.345. The molecule has 40 heavy (non-hydrogen) atoms. The highest BCUT2D eigenvalue weighted by atomic mass is 16.5. The van der Waals surface area contributed by atoms with E-state index in [0.29, 0.717) is 41.1 Å². The number of aromatic amines is 1. The van der Waals surface area contributed by atoms with Crippen LogP contribution >= 0.6 is 0 Å². The van der Waals surface area contributed by atoms with Gasteiger partial charge in [-0.25, -0.2) is 19.9 Å². The molecule has 9 rings (SSSR count). The van der Waals surface area contributed by atoms with Crippen molar-refractivity contribution in [1.29, 1.82) is 0 Å². The van der Waals surface area contributed by atoms with Crippen LogP contribution in [-0.2, 0) is 6.54 Å². The summed E-state index contributed by atoms with van der Waals surface area (Å²) in [6, 6.07) is 13.1. The number of anilines is 3. The average molecular weight is 536 g/mol. The number of fused-ring (bicyclic) bond motifs is 3. The van der Waals surface area contributed by atoms with Crippen LogP contribution in [0.1, 0.15) is 36.4 Å². The number of H-pyrrole nitrogens is 1. The second-order valence-electron chi connectivity index (χ2n) is 10.9. The first-order valence-corrected chi connectivity index (χ1v) is 13.7. The molecule has 11 heteroatoms. The summed E-state index contributed by atoms with van der Waals surface area (Å²) in [4.78, 5) is 23.6. The van der Waals surface area contributed by atoms with Crippen LogP contribution in [0, 0.1) is 0 Å². The monoisotopic (exact) mass is 535 g/mol. The van der Waals surface area contributed by atoms with Crippen molar-refractivity contribution in [1.82, 2.24) is 35.0 Å². The summed E-state index contributed by atoms with van der Waals surface area (Å²) in [5.74, 6) is 4.13. The minimum atomic E-state index is 0.519. The molecule has 0 aromatic carbocycles. The summed E-state index contributed by atoms with van der Waals surface area (Å²) >= 11 is 0. The number of hydrogen-bond donors (Lipinski definition) is 2. The zero-order valence-electron chi connectivity index (χ0n) is 22.1. The van der Waals surface area contributed by atoms with E-state index in [0.717, 1.165) is 48.0 Å². The van der Waals surface area contributed by atoms with E-state index in [1.807, 2.05) is 36.7 Å². The van der Waals surface area contributed by atoms with Gasteiger partial charge in [0.05, 0.1) is 13.4 Å². The van der Waals surface area contributed by atoms with E-state index in [2.05, 4.69) is 42.4 Å². The maximum Gasteiger partial charge on any atom is 0.212 e. The number of piperazine rings is 1. The molecule has 2 unspecified atom stereocenters. The lowest BCUT2D eigenvalue weighted by Gasteiger charge is -2.56. The van der Waals surface area contributed by atoms with Gasteiger partial charge in [0, 0.05) is 79.5 Å². The highest BCUT2D eigenvalue weighted by molar-refractivity contribution is 5.87. The van der Waals surface area contributed by atoms with Crippen molar-refractivity contribution >= 4 is 28.6 Å². The van der Waals surface area contributed by atoms with Gasteiger partial charge in [-0.2, -0.15) is 5.10 Å². The lowest BCUT2D eigenvalue weighted by atomic mass is 9.87. The van der Waals surface area contributed by atoms with Gasteiger partial charge in [0.25, 0.3) is 0 Å². The molecule has 1 saturated carbocycles. The third kappa shape index (κ3) is 4.22. The SMILES string of the molecule is COc1ccc(CN2C3CC2CN(c2ccc(-c4nc(Nc5cc(C6CC6)[nH]n5)c5occc5n4)cn2)C3)cn1. The van der Waals surface area contributed by atoms with E-state index < -0.39 is 0 Å². The van der Waals surface area contributed by atoms with Crippen LogP contribution in [0.2, 0.25) is 0 Å². The van der Waals surface area contributed by atoms with E-state index in [-0.39, 0.29) is 0 Å². The number of pyridine rings is 2. The third-order valence-electron chi connectivity index (χ3n) is 8.21. The zero-order valence-corrected chi connectivity index (χ0v) is 22.1. The van der Waals surface area contributed by atoms with Gasteiger partial charge >= 0.3 is 0 Å². The molecule has 0 radical (unpaired) electrons. The van der Waals surface area contributed by atoms with Gasteiger partial charge in [-0.15, -0.1) is 0 Å². The van der Waals surface area contributed by atoms with Crippen LogP contribution in [-0.4, -0.2) is 67.3 Å². The molecule has 4 fully saturated rings. The van der Waals surface area contributed by atoms with Gasteiger partial charge in [-0.3, -0.25) is 10.00 Å². The molecule has 0 spiro atoms. The van der Waals surface area contributed by atoms with Gasteiger partial charge in [0.2, 0.25) is 5.88 Å². The molecule has 11 nitrogen and oxygen atoms in total. The van der Waals surface area contributed by atoms with Crippen molar-refractivity contribution in [3.8, 4) is 17.3 Å². The fourth-order valence-corrected chi connectivity index (χ4v) is 5.88. The second kappa shape index (κ2) is 9.30. The molecule has 202 valence electrons. The predicted octanol–water partition coefficient (Wildman–Crippen LogP) is 4.50. The Balaban J connectivity index is 0.972. The Bertz CT molecular complexity index is 1650. The number of piperidine rings is 1. The Labute approximate surface area is 230 Å². The first-order chi connectivity index (χ1) is 19.7. The summed E-state index contributed by atoms with van der Waals surface area (Å²) in [5.41, 5.74) is 4.56. The number of methoxy groups -OCH3 is 1. The highest BCUT2D eigenvalue weighted by Crippen LogP contribution is 2.40. The van der Waals surface area contributed by atoms with E-state index in [1.165, 1.54) is 24.8 Å². The van der Waals surface area contributed by atoms with Gasteiger partial charge in [-0.1, -0.05) is 6.07 Å². The van der Waals surface area contributed by atoms with Crippen molar-refractivity contribution in [3.05, 3.63) is 66.3 Å². The maximum atomic E-state index is 5.69. The van der Waals surface area contributed by atoms with E-state index in [4.69, 9.17) is 24.1 Å². The summed E-state index contributed by atoms with van der Waals surface area (Å²) in [5, 5.41) is 10.8. The molecule has 3 aliphatic heterocycles. The molecule has 1 aliphatic carbocycles. The topological polar surface area (TPSA) is 121 Å². The predicted molar refractivity (Wildman–Crippen MR) is 150 cm³/mol. The number of nitrogens with zero attached hydrogens (tertiary/aromatic N) is 7. The number of hydrogen-bond acceptors (Lipinski definition) is 10.